The van der Waals surface area contributed by atoms with Crippen molar-refractivity contribution in [2.75, 3.05) is 33.3 Å². The number of hydrogen-bond acceptors (Lipinski definition) is 3. The van der Waals surface area contributed by atoms with Crippen molar-refractivity contribution in [1.82, 2.24) is 10.2 Å². The van der Waals surface area contributed by atoms with Crippen LogP contribution >= 0.6 is 0 Å². The standard InChI is InChI=1S/C11H22N2O/c1-13(4-5-14)11-3-2-9-7-12-8-10(9)6-11/h9-12,14H,2-8H2,1H3. The summed E-state index contributed by atoms with van der Waals surface area (Å²) in [6.07, 6.45) is 4.02. The molecule has 0 bridgehead atoms. The summed E-state index contributed by atoms with van der Waals surface area (Å²) < 4.78 is 0. The van der Waals surface area contributed by atoms with Gasteiger partial charge in [-0.2, -0.15) is 0 Å². The van der Waals surface area contributed by atoms with Gasteiger partial charge in [-0.3, -0.25) is 0 Å². The molecule has 1 saturated carbocycles. The van der Waals surface area contributed by atoms with Crippen molar-refractivity contribution in [3.05, 3.63) is 0 Å². The van der Waals surface area contributed by atoms with Crippen molar-refractivity contribution in [3.8, 4) is 0 Å². The Balaban J connectivity index is 1.84. The van der Waals surface area contributed by atoms with Crippen molar-refractivity contribution < 1.29 is 5.11 Å². The van der Waals surface area contributed by atoms with Crippen LogP contribution in [0.2, 0.25) is 0 Å². The number of nitrogens with one attached hydrogen (secondary N) is 1. The maximum absolute atomic E-state index is 8.90. The molecule has 2 fully saturated rings. The molecule has 1 aliphatic heterocycles. The van der Waals surface area contributed by atoms with E-state index in [2.05, 4.69) is 17.3 Å². The Bertz CT molecular complexity index is 186. The number of hydrogen-bond donors (Lipinski definition) is 2. The average Bonchev–Trinajstić information content (AvgIpc) is 2.64. The third-order valence-corrected chi connectivity index (χ3v) is 4.00. The summed E-state index contributed by atoms with van der Waals surface area (Å²) >= 11 is 0. The van der Waals surface area contributed by atoms with Crippen LogP contribution in [-0.4, -0.2) is 49.3 Å². The average molecular weight is 198 g/mol. The summed E-state index contributed by atoms with van der Waals surface area (Å²) in [6, 6.07) is 0.711. The fourth-order valence-electron chi connectivity index (χ4n) is 3.02. The lowest BCUT2D eigenvalue weighted by molar-refractivity contribution is 0.118. The summed E-state index contributed by atoms with van der Waals surface area (Å²) in [5, 5.41) is 12.4. The molecule has 0 amide bonds. The van der Waals surface area contributed by atoms with Gasteiger partial charge in [0.05, 0.1) is 6.61 Å². The zero-order valence-electron chi connectivity index (χ0n) is 9.08. The summed E-state index contributed by atoms with van der Waals surface area (Å²) in [6.45, 7) is 3.57. The van der Waals surface area contributed by atoms with Crippen molar-refractivity contribution in [2.24, 2.45) is 11.8 Å². The Labute approximate surface area is 86.5 Å². The molecule has 3 heteroatoms. The van der Waals surface area contributed by atoms with Crippen LogP contribution in [-0.2, 0) is 0 Å². The van der Waals surface area contributed by atoms with Crippen LogP contribution in [0.3, 0.4) is 0 Å². The molecule has 0 aromatic carbocycles. The van der Waals surface area contributed by atoms with Crippen LogP contribution in [0.25, 0.3) is 0 Å². The molecular weight excluding hydrogens is 176 g/mol. The molecule has 0 aromatic heterocycles. The van der Waals surface area contributed by atoms with Gasteiger partial charge in [0.15, 0.2) is 0 Å². The number of fused-ring (bicyclic) bond motifs is 1. The van der Waals surface area contributed by atoms with E-state index in [1.165, 1.54) is 32.4 Å². The zero-order valence-corrected chi connectivity index (χ0v) is 9.08. The van der Waals surface area contributed by atoms with Gasteiger partial charge in [0.25, 0.3) is 0 Å². The number of aliphatic hydroxyl groups is 1. The second kappa shape index (κ2) is 4.60. The molecule has 1 heterocycles. The summed E-state index contributed by atoms with van der Waals surface area (Å²) in [4.78, 5) is 2.33. The first-order chi connectivity index (χ1) is 6.81. The van der Waals surface area contributed by atoms with Crippen molar-refractivity contribution in [3.63, 3.8) is 0 Å². The van der Waals surface area contributed by atoms with Crippen LogP contribution in [0.1, 0.15) is 19.3 Å². The van der Waals surface area contributed by atoms with Crippen LogP contribution in [0.15, 0.2) is 0 Å². The topological polar surface area (TPSA) is 35.5 Å². The highest BCUT2D eigenvalue weighted by Gasteiger charge is 2.34. The normalized spacial score (nSPS) is 37.5. The minimum Gasteiger partial charge on any atom is -0.395 e. The number of rotatable bonds is 3. The zero-order chi connectivity index (χ0) is 9.97. The molecule has 2 aliphatic rings. The van der Waals surface area contributed by atoms with E-state index in [-0.39, 0.29) is 0 Å². The first-order valence-electron chi connectivity index (χ1n) is 5.83. The Morgan fingerprint density at radius 2 is 2.07 bits per heavy atom. The number of aliphatic hydroxyl groups excluding tert-OH is 1. The van der Waals surface area contributed by atoms with Gasteiger partial charge in [-0.1, -0.05) is 0 Å². The van der Waals surface area contributed by atoms with E-state index >= 15 is 0 Å². The van der Waals surface area contributed by atoms with Crippen LogP contribution in [0.5, 0.6) is 0 Å². The number of likely N-dealkylation sites (N-methyl/N-ethyl adjacent to an activating group) is 1. The number of nitrogens with zero attached hydrogens (tertiary/aromatic N) is 1. The lowest BCUT2D eigenvalue weighted by atomic mass is 9.79. The van der Waals surface area contributed by atoms with Gasteiger partial charge in [0.1, 0.15) is 0 Å². The SMILES string of the molecule is CN(CCO)C1CCC2CNCC2C1. The highest BCUT2D eigenvalue weighted by molar-refractivity contribution is 4.90. The Morgan fingerprint density at radius 3 is 2.86 bits per heavy atom. The molecule has 0 aromatic rings. The van der Waals surface area contributed by atoms with E-state index in [0.717, 1.165) is 18.4 Å². The maximum atomic E-state index is 8.90. The van der Waals surface area contributed by atoms with Crippen molar-refractivity contribution >= 4 is 0 Å². The fraction of sp³-hybridized carbons (Fsp3) is 1.00. The summed E-state index contributed by atoms with van der Waals surface area (Å²) in [7, 11) is 2.14. The van der Waals surface area contributed by atoms with Gasteiger partial charge < -0.3 is 15.3 Å². The van der Waals surface area contributed by atoms with Gasteiger partial charge in [-0.15, -0.1) is 0 Å². The molecule has 2 rings (SSSR count). The Kier molecular flexibility index (Phi) is 3.42. The van der Waals surface area contributed by atoms with E-state index in [9.17, 15) is 0 Å². The van der Waals surface area contributed by atoms with E-state index in [4.69, 9.17) is 5.11 Å². The van der Waals surface area contributed by atoms with Crippen LogP contribution in [0.4, 0.5) is 0 Å². The lowest BCUT2D eigenvalue weighted by Crippen LogP contribution is -2.40. The molecule has 3 unspecified atom stereocenters. The molecule has 14 heavy (non-hydrogen) atoms. The fourth-order valence-corrected chi connectivity index (χ4v) is 3.02. The van der Waals surface area contributed by atoms with Crippen LogP contribution in [0, 0.1) is 11.8 Å². The third kappa shape index (κ3) is 2.10. The summed E-state index contributed by atoms with van der Waals surface area (Å²) in [5.74, 6) is 1.84. The second-order valence-corrected chi connectivity index (χ2v) is 4.85. The quantitative estimate of drug-likeness (QED) is 0.684. The lowest BCUT2D eigenvalue weighted by Gasteiger charge is -2.36. The molecule has 2 N–H and O–H groups in total. The maximum Gasteiger partial charge on any atom is 0.0558 e. The Hall–Kier alpha value is -0.120. The van der Waals surface area contributed by atoms with Gasteiger partial charge >= 0.3 is 0 Å². The van der Waals surface area contributed by atoms with E-state index in [1.807, 2.05) is 0 Å². The molecule has 1 saturated heterocycles. The predicted molar refractivity (Wildman–Crippen MR) is 57.2 cm³/mol. The van der Waals surface area contributed by atoms with E-state index in [0.29, 0.717) is 12.6 Å². The predicted octanol–water partition coefficient (Wildman–Crippen LogP) is 0.299. The molecule has 82 valence electrons. The first-order valence-corrected chi connectivity index (χ1v) is 5.83. The monoisotopic (exact) mass is 198 g/mol. The first kappa shape index (κ1) is 10.4. The molecule has 1 aliphatic carbocycles. The van der Waals surface area contributed by atoms with Gasteiger partial charge in [-0.05, 0) is 51.2 Å². The van der Waals surface area contributed by atoms with E-state index in [1.54, 1.807) is 0 Å². The van der Waals surface area contributed by atoms with E-state index < -0.39 is 0 Å². The summed E-state index contributed by atoms with van der Waals surface area (Å²) in [5.41, 5.74) is 0. The highest BCUT2D eigenvalue weighted by Crippen LogP contribution is 2.34. The minimum atomic E-state index is 0.291. The Morgan fingerprint density at radius 1 is 1.29 bits per heavy atom. The third-order valence-electron chi connectivity index (χ3n) is 4.00. The minimum absolute atomic E-state index is 0.291. The molecule has 0 radical (unpaired) electrons. The van der Waals surface area contributed by atoms with Gasteiger partial charge in [0, 0.05) is 12.6 Å². The molecule has 3 atom stereocenters. The van der Waals surface area contributed by atoms with Gasteiger partial charge in [-0.25, -0.2) is 0 Å². The van der Waals surface area contributed by atoms with Crippen molar-refractivity contribution in [2.45, 2.75) is 25.3 Å². The second-order valence-electron chi connectivity index (χ2n) is 4.85. The molecule has 3 nitrogen and oxygen atoms in total. The van der Waals surface area contributed by atoms with Crippen LogP contribution < -0.4 is 5.32 Å². The largest absolute Gasteiger partial charge is 0.395 e. The smallest absolute Gasteiger partial charge is 0.0558 e. The van der Waals surface area contributed by atoms with Gasteiger partial charge in [0.2, 0.25) is 0 Å². The highest BCUT2D eigenvalue weighted by atomic mass is 16.3. The molecule has 0 spiro atoms. The molecular formula is C11H22N2O. The van der Waals surface area contributed by atoms with Crippen molar-refractivity contribution in [1.29, 1.82) is 0 Å².